The molecule has 2 aromatic rings. The molecular weight excluding hydrogens is 424 g/mol. The molecule has 33 heavy (non-hydrogen) atoms. The van der Waals surface area contributed by atoms with Crippen molar-refractivity contribution in [3.8, 4) is 17.2 Å². The predicted molar refractivity (Wildman–Crippen MR) is 125 cm³/mol. The first-order valence-electron chi connectivity index (χ1n) is 11.1. The number of esters is 1. The Morgan fingerprint density at radius 2 is 1.48 bits per heavy atom. The molecule has 0 bridgehead atoms. The van der Waals surface area contributed by atoms with Gasteiger partial charge in [0.15, 0.2) is 11.5 Å². The zero-order chi connectivity index (χ0) is 23.6. The maximum absolute atomic E-state index is 12.5. The number of hydrogen-bond acceptors (Lipinski definition) is 8. The molecule has 1 aliphatic rings. The molecule has 1 atom stereocenters. The molecule has 1 aliphatic heterocycles. The average molecular weight is 459 g/mol. The molecule has 0 aromatic heterocycles. The van der Waals surface area contributed by atoms with E-state index in [1.165, 1.54) is 26.9 Å². The highest BCUT2D eigenvalue weighted by Crippen LogP contribution is 2.38. The Kier molecular flexibility index (Phi) is 9.35. The number of carbonyl (C=O) groups is 1. The summed E-state index contributed by atoms with van der Waals surface area (Å²) in [7, 11) is 6.31. The monoisotopic (exact) mass is 458 g/mol. The zero-order valence-corrected chi connectivity index (χ0v) is 19.9. The van der Waals surface area contributed by atoms with E-state index < -0.39 is 5.97 Å². The Labute approximate surface area is 195 Å². The van der Waals surface area contributed by atoms with Crippen molar-refractivity contribution in [2.75, 3.05) is 74.3 Å². The molecule has 8 heteroatoms. The third-order valence-corrected chi connectivity index (χ3v) is 5.89. The molecule has 0 aliphatic carbocycles. The number of carbonyl (C=O) groups excluding carboxylic acids is 1. The van der Waals surface area contributed by atoms with Crippen LogP contribution in [0.3, 0.4) is 0 Å². The van der Waals surface area contributed by atoms with Gasteiger partial charge in [0.1, 0.15) is 6.61 Å². The van der Waals surface area contributed by atoms with E-state index in [2.05, 4.69) is 21.9 Å². The molecule has 0 N–H and O–H groups in total. The van der Waals surface area contributed by atoms with Gasteiger partial charge in [-0.25, -0.2) is 4.79 Å². The second-order valence-electron chi connectivity index (χ2n) is 7.83. The summed E-state index contributed by atoms with van der Waals surface area (Å²) in [6, 6.07) is 13.5. The van der Waals surface area contributed by atoms with Crippen LogP contribution in [0.4, 0.5) is 0 Å². The molecule has 0 amide bonds. The maximum atomic E-state index is 12.5. The van der Waals surface area contributed by atoms with E-state index in [-0.39, 0.29) is 6.10 Å². The highest BCUT2D eigenvalue weighted by Gasteiger charge is 2.22. The quantitative estimate of drug-likeness (QED) is 0.476. The molecule has 1 saturated heterocycles. The first-order chi connectivity index (χ1) is 16.1. The fraction of sp³-hybridized carbons (Fsp3) is 0.480. The van der Waals surface area contributed by atoms with Gasteiger partial charge < -0.3 is 23.7 Å². The van der Waals surface area contributed by atoms with Gasteiger partial charge in [0, 0.05) is 46.4 Å². The minimum atomic E-state index is -0.418. The molecule has 0 spiro atoms. The van der Waals surface area contributed by atoms with Crippen LogP contribution in [-0.4, -0.2) is 90.1 Å². The Morgan fingerprint density at radius 1 is 0.879 bits per heavy atom. The molecule has 2 aromatic carbocycles. The molecule has 8 nitrogen and oxygen atoms in total. The van der Waals surface area contributed by atoms with Gasteiger partial charge in [0.2, 0.25) is 5.75 Å². The Hall–Kier alpha value is -2.81. The summed E-state index contributed by atoms with van der Waals surface area (Å²) < 4.78 is 27.1. The molecule has 180 valence electrons. The third-order valence-electron chi connectivity index (χ3n) is 5.89. The van der Waals surface area contributed by atoms with E-state index in [0.717, 1.165) is 32.7 Å². The molecule has 3 rings (SSSR count). The van der Waals surface area contributed by atoms with Gasteiger partial charge in [0.05, 0.1) is 33.0 Å². The zero-order valence-electron chi connectivity index (χ0n) is 19.9. The SMILES string of the molecule is COc1cc(C(=O)OCCN2CCN(CC(OC)c3ccccc3)CC2)cc(OC)c1OC. The van der Waals surface area contributed by atoms with Crippen molar-refractivity contribution in [3.05, 3.63) is 53.6 Å². The van der Waals surface area contributed by atoms with Crippen LogP contribution in [0.1, 0.15) is 22.0 Å². The standard InChI is InChI=1S/C25H34N2O6/c1-29-21-16-20(17-22(30-2)24(21)32-4)25(28)33-15-14-26-10-12-27(13-11-26)18-23(31-3)19-8-6-5-7-9-19/h5-9,16-17,23H,10-15,18H2,1-4H3. The van der Waals surface area contributed by atoms with Crippen molar-refractivity contribution in [3.63, 3.8) is 0 Å². The summed E-state index contributed by atoms with van der Waals surface area (Å²) in [4.78, 5) is 17.3. The number of rotatable bonds is 11. The number of hydrogen-bond donors (Lipinski definition) is 0. The van der Waals surface area contributed by atoms with Crippen LogP contribution < -0.4 is 14.2 Å². The summed E-state index contributed by atoms with van der Waals surface area (Å²) in [5, 5.41) is 0. The van der Waals surface area contributed by atoms with Gasteiger partial charge in [-0.05, 0) is 17.7 Å². The van der Waals surface area contributed by atoms with Crippen molar-refractivity contribution in [2.45, 2.75) is 6.10 Å². The fourth-order valence-corrected chi connectivity index (χ4v) is 3.96. The highest BCUT2D eigenvalue weighted by atomic mass is 16.5. The number of piperazine rings is 1. The van der Waals surface area contributed by atoms with E-state index >= 15 is 0 Å². The lowest BCUT2D eigenvalue weighted by Crippen LogP contribution is -2.48. The van der Waals surface area contributed by atoms with Crippen LogP contribution in [0.5, 0.6) is 17.2 Å². The number of ether oxygens (including phenoxy) is 5. The van der Waals surface area contributed by atoms with Crippen molar-refractivity contribution >= 4 is 5.97 Å². The minimum Gasteiger partial charge on any atom is -0.493 e. The van der Waals surface area contributed by atoms with Gasteiger partial charge in [-0.1, -0.05) is 30.3 Å². The van der Waals surface area contributed by atoms with Crippen LogP contribution in [-0.2, 0) is 9.47 Å². The van der Waals surface area contributed by atoms with Gasteiger partial charge in [-0.2, -0.15) is 0 Å². The van der Waals surface area contributed by atoms with Crippen LogP contribution in [0.15, 0.2) is 42.5 Å². The van der Waals surface area contributed by atoms with Crippen LogP contribution in [0, 0.1) is 0 Å². The van der Waals surface area contributed by atoms with Crippen LogP contribution in [0.2, 0.25) is 0 Å². The third kappa shape index (κ3) is 6.60. The second kappa shape index (κ2) is 12.4. The lowest BCUT2D eigenvalue weighted by Gasteiger charge is -2.36. The molecule has 1 heterocycles. The summed E-state index contributed by atoms with van der Waals surface area (Å²) in [5.74, 6) is 0.866. The normalized spacial score (nSPS) is 15.6. The molecule has 0 radical (unpaired) electrons. The largest absolute Gasteiger partial charge is 0.493 e. The topological polar surface area (TPSA) is 69.7 Å². The van der Waals surface area contributed by atoms with E-state index in [1.807, 2.05) is 18.2 Å². The first-order valence-corrected chi connectivity index (χ1v) is 11.1. The summed E-state index contributed by atoms with van der Waals surface area (Å²) in [6.45, 7) is 5.63. The van der Waals surface area contributed by atoms with E-state index in [4.69, 9.17) is 23.7 Å². The van der Waals surface area contributed by atoms with Crippen molar-refractivity contribution in [2.24, 2.45) is 0 Å². The predicted octanol–water partition coefficient (Wildman–Crippen LogP) is 2.87. The average Bonchev–Trinajstić information content (AvgIpc) is 2.87. The van der Waals surface area contributed by atoms with Gasteiger partial charge in [-0.15, -0.1) is 0 Å². The Morgan fingerprint density at radius 3 is 2.03 bits per heavy atom. The first kappa shape index (κ1) is 24.8. The number of methoxy groups -OCH3 is 4. The van der Waals surface area contributed by atoms with Crippen LogP contribution >= 0.6 is 0 Å². The van der Waals surface area contributed by atoms with E-state index in [1.54, 1.807) is 19.2 Å². The fourth-order valence-electron chi connectivity index (χ4n) is 3.96. The molecule has 0 saturated carbocycles. The molecule has 1 fully saturated rings. The van der Waals surface area contributed by atoms with Gasteiger partial charge in [0.25, 0.3) is 0 Å². The molecular formula is C25H34N2O6. The van der Waals surface area contributed by atoms with Crippen molar-refractivity contribution < 1.29 is 28.5 Å². The van der Waals surface area contributed by atoms with Gasteiger partial charge in [-0.3, -0.25) is 9.80 Å². The highest BCUT2D eigenvalue weighted by molar-refractivity contribution is 5.91. The smallest absolute Gasteiger partial charge is 0.338 e. The lowest BCUT2D eigenvalue weighted by molar-refractivity contribution is 0.0297. The maximum Gasteiger partial charge on any atom is 0.338 e. The summed E-state index contributed by atoms with van der Waals surface area (Å²) >= 11 is 0. The minimum absolute atomic E-state index is 0.0668. The lowest BCUT2D eigenvalue weighted by atomic mass is 10.1. The Bertz CT molecular complexity index is 859. The Balaban J connectivity index is 1.44. The van der Waals surface area contributed by atoms with Gasteiger partial charge >= 0.3 is 5.97 Å². The number of benzene rings is 2. The number of nitrogens with zero attached hydrogens (tertiary/aromatic N) is 2. The van der Waals surface area contributed by atoms with Crippen molar-refractivity contribution in [1.82, 2.24) is 9.80 Å². The summed E-state index contributed by atoms with van der Waals surface area (Å²) in [6.07, 6.45) is 0.0668. The van der Waals surface area contributed by atoms with Crippen LogP contribution in [0.25, 0.3) is 0 Å². The second-order valence-corrected chi connectivity index (χ2v) is 7.83. The van der Waals surface area contributed by atoms with E-state index in [9.17, 15) is 4.79 Å². The van der Waals surface area contributed by atoms with Crippen molar-refractivity contribution in [1.29, 1.82) is 0 Å². The molecule has 1 unspecified atom stereocenters. The van der Waals surface area contributed by atoms with E-state index in [0.29, 0.717) is 36.0 Å². The summed E-state index contributed by atoms with van der Waals surface area (Å²) in [5.41, 5.74) is 1.56.